The Bertz CT molecular complexity index is 2780. The minimum Gasteiger partial charge on any atom is -0.0616 e. The molecule has 10 aromatic rings. The highest BCUT2D eigenvalue weighted by atomic mass is 79.9. The van der Waals surface area contributed by atoms with E-state index in [0.717, 1.165) is 4.47 Å². The van der Waals surface area contributed by atoms with E-state index in [9.17, 15) is 0 Å². The zero-order valence-electron chi connectivity index (χ0n) is 23.0. The van der Waals surface area contributed by atoms with Gasteiger partial charge in [-0.25, -0.2) is 0 Å². The number of halogens is 1. The molecule has 43 heavy (non-hydrogen) atoms. The third-order valence-electron chi connectivity index (χ3n) is 10.2. The van der Waals surface area contributed by atoms with Crippen LogP contribution in [0, 0.1) is 0 Å². The number of hydrogen-bond donors (Lipinski definition) is 0. The molecular weight excluding hydrogens is 584 g/mol. The second-order valence-corrected chi connectivity index (χ2v) is 12.9. The first-order valence-electron chi connectivity index (χ1n) is 14.9. The lowest BCUT2D eigenvalue weighted by Crippen LogP contribution is -1.87. The minimum absolute atomic E-state index is 1.16. The van der Waals surface area contributed by atoms with Gasteiger partial charge in [-0.2, -0.15) is 0 Å². The molecule has 0 radical (unpaired) electrons. The average Bonchev–Trinajstić information content (AvgIpc) is 3.68. The zero-order chi connectivity index (χ0) is 28.0. The van der Waals surface area contributed by atoms with Gasteiger partial charge >= 0.3 is 0 Å². The lowest BCUT2D eigenvalue weighted by Gasteiger charge is -2.14. The summed E-state index contributed by atoms with van der Waals surface area (Å²) in [5, 5.41) is 18.8. The summed E-state index contributed by atoms with van der Waals surface area (Å²) in [4.78, 5) is 0. The zero-order valence-corrected chi connectivity index (χ0v) is 24.6. The van der Waals surface area contributed by atoms with Gasteiger partial charge in [0.15, 0.2) is 0 Å². The summed E-state index contributed by atoms with van der Waals surface area (Å²) in [7, 11) is 0. The highest BCUT2D eigenvalue weighted by molar-refractivity contribution is 9.10. The molecule has 196 valence electrons. The quantitative estimate of drug-likeness (QED) is 0.175. The monoisotopic (exact) mass is 604 g/mol. The summed E-state index contributed by atoms with van der Waals surface area (Å²) < 4.78 is 1.16. The van der Waals surface area contributed by atoms with Crippen molar-refractivity contribution < 1.29 is 0 Å². The molecule has 0 spiro atoms. The molecule has 0 heterocycles. The SMILES string of the molecule is Brc1ccc2c3cc4c(cc3c3cccc1c32)c1cccc2c(-c3ccc5cccc6c5c3-c3ccccc3-6)ccc4c21. The van der Waals surface area contributed by atoms with E-state index in [4.69, 9.17) is 0 Å². The van der Waals surface area contributed by atoms with Gasteiger partial charge in [-0.3, -0.25) is 0 Å². The third kappa shape index (κ3) is 2.64. The molecule has 0 saturated carbocycles. The van der Waals surface area contributed by atoms with Crippen molar-refractivity contribution in [3.8, 4) is 33.4 Å². The van der Waals surface area contributed by atoms with E-state index in [1.165, 1.54) is 109 Å². The van der Waals surface area contributed by atoms with E-state index in [-0.39, 0.29) is 0 Å². The lowest BCUT2D eigenvalue weighted by atomic mass is 9.89. The van der Waals surface area contributed by atoms with Gasteiger partial charge in [0.05, 0.1) is 0 Å². The van der Waals surface area contributed by atoms with Crippen molar-refractivity contribution in [2.75, 3.05) is 0 Å². The van der Waals surface area contributed by atoms with Gasteiger partial charge in [-0.15, -0.1) is 0 Å². The second-order valence-electron chi connectivity index (χ2n) is 12.1. The van der Waals surface area contributed by atoms with E-state index >= 15 is 0 Å². The Morgan fingerprint density at radius 3 is 1.63 bits per heavy atom. The number of benzene rings is 8. The topological polar surface area (TPSA) is 0 Å². The summed E-state index contributed by atoms with van der Waals surface area (Å²) in [5.41, 5.74) is 8.02. The third-order valence-corrected chi connectivity index (χ3v) is 10.9. The van der Waals surface area contributed by atoms with Crippen LogP contribution in [0.15, 0.2) is 132 Å². The van der Waals surface area contributed by atoms with E-state index in [0.29, 0.717) is 0 Å². The Morgan fingerprint density at radius 2 is 0.860 bits per heavy atom. The molecular formula is C42H21Br. The first-order valence-corrected chi connectivity index (χ1v) is 15.7. The van der Waals surface area contributed by atoms with Crippen LogP contribution in [0.25, 0.3) is 109 Å². The van der Waals surface area contributed by atoms with Gasteiger partial charge in [-0.05, 0) is 127 Å². The number of fused-ring (bicyclic) bond motifs is 9. The average molecular weight is 606 g/mol. The summed E-state index contributed by atoms with van der Waals surface area (Å²) in [6.07, 6.45) is 0. The molecule has 0 amide bonds. The molecule has 0 saturated heterocycles. The Balaban J connectivity index is 1.26. The fourth-order valence-corrected chi connectivity index (χ4v) is 8.91. The molecule has 1 heteroatoms. The van der Waals surface area contributed by atoms with E-state index in [1.54, 1.807) is 0 Å². The minimum atomic E-state index is 1.16. The van der Waals surface area contributed by atoms with E-state index in [1.807, 2.05) is 0 Å². The van der Waals surface area contributed by atoms with E-state index < -0.39 is 0 Å². The Hall–Kier alpha value is -4.98. The van der Waals surface area contributed by atoms with Crippen LogP contribution in [-0.2, 0) is 0 Å². The van der Waals surface area contributed by atoms with Crippen molar-refractivity contribution in [3.05, 3.63) is 132 Å². The molecule has 0 atom stereocenters. The molecule has 0 fully saturated rings. The fraction of sp³-hybridized carbons (Fsp3) is 0. The Labute approximate surface area is 255 Å². The summed E-state index contributed by atoms with van der Waals surface area (Å²) in [5.74, 6) is 0. The van der Waals surface area contributed by atoms with Gasteiger partial charge in [-0.1, -0.05) is 125 Å². The highest BCUT2D eigenvalue weighted by Crippen LogP contribution is 2.53. The molecule has 0 bridgehead atoms. The summed E-state index contributed by atoms with van der Waals surface area (Å²) in [6, 6.07) is 48.0. The molecule has 0 aliphatic heterocycles. The van der Waals surface area contributed by atoms with Crippen LogP contribution < -0.4 is 0 Å². The van der Waals surface area contributed by atoms with Crippen LogP contribution >= 0.6 is 15.9 Å². The van der Waals surface area contributed by atoms with Crippen LogP contribution in [0.1, 0.15) is 0 Å². The van der Waals surface area contributed by atoms with Crippen LogP contribution in [0.4, 0.5) is 0 Å². The van der Waals surface area contributed by atoms with Gasteiger partial charge in [0.25, 0.3) is 0 Å². The predicted molar refractivity (Wildman–Crippen MR) is 189 cm³/mol. The Morgan fingerprint density at radius 1 is 0.302 bits per heavy atom. The van der Waals surface area contributed by atoms with E-state index in [2.05, 4.69) is 143 Å². The first kappa shape index (κ1) is 22.6. The standard InChI is InChI=1S/C42H21Br/c43-38-19-18-32-37-21-36-31-17-16-24(30-15-14-22-6-3-9-25-23-7-1-2-8-27(23)42(30)39(22)25)26-10-4-11-28(40(26)31)34(36)20-35(37)29-12-5-13-33(38)41(29)32/h1-21H. The first-order chi connectivity index (χ1) is 21.3. The molecule has 11 rings (SSSR count). The van der Waals surface area contributed by atoms with Gasteiger partial charge in [0, 0.05) is 4.47 Å². The van der Waals surface area contributed by atoms with Crippen LogP contribution in [0.5, 0.6) is 0 Å². The molecule has 1 aliphatic rings. The highest BCUT2D eigenvalue weighted by Gasteiger charge is 2.25. The molecule has 0 nitrogen and oxygen atoms in total. The maximum absolute atomic E-state index is 3.79. The smallest absolute Gasteiger partial charge is 0.0254 e. The van der Waals surface area contributed by atoms with Gasteiger partial charge < -0.3 is 0 Å². The lowest BCUT2D eigenvalue weighted by molar-refractivity contribution is 1.68. The molecule has 0 unspecified atom stereocenters. The number of hydrogen-bond acceptors (Lipinski definition) is 0. The molecule has 10 aromatic carbocycles. The van der Waals surface area contributed by atoms with Crippen molar-refractivity contribution >= 4 is 91.3 Å². The fourth-order valence-electron chi connectivity index (χ4n) is 8.45. The van der Waals surface area contributed by atoms with Gasteiger partial charge in [0.1, 0.15) is 0 Å². The molecule has 0 aromatic heterocycles. The largest absolute Gasteiger partial charge is 0.0616 e. The van der Waals surface area contributed by atoms with Crippen LogP contribution in [0.3, 0.4) is 0 Å². The predicted octanol–water partition coefficient (Wildman–Crippen LogP) is 12.7. The summed E-state index contributed by atoms with van der Waals surface area (Å²) in [6.45, 7) is 0. The van der Waals surface area contributed by atoms with Gasteiger partial charge in [0.2, 0.25) is 0 Å². The maximum atomic E-state index is 3.79. The van der Waals surface area contributed by atoms with Crippen LogP contribution in [-0.4, -0.2) is 0 Å². The van der Waals surface area contributed by atoms with Crippen molar-refractivity contribution in [1.29, 1.82) is 0 Å². The Kier molecular flexibility index (Phi) is 4.04. The molecule has 1 aliphatic carbocycles. The second kappa shape index (κ2) is 7.69. The number of rotatable bonds is 1. The maximum Gasteiger partial charge on any atom is 0.0254 e. The van der Waals surface area contributed by atoms with Crippen molar-refractivity contribution in [3.63, 3.8) is 0 Å². The van der Waals surface area contributed by atoms with Crippen molar-refractivity contribution in [2.45, 2.75) is 0 Å². The normalized spacial score (nSPS) is 12.8. The summed E-state index contributed by atoms with van der Waals surface area (Å²) >= 11 is 3.79. The van der Waals surface area contributed by atoms with Crippen molar-refractivity contribution in [1.82, 2.24) is 0 Å². The molecule has 0 N–H and O–H groups in total. The van der Waals surface area contributed by atoms with Crippen molar-refractivity contribution in [2.24, 2.45) is 0 Å². The van der Waals surface area contributed by atoms with Crippen LogP contribution in [0.2, 0.25) is 0 Å².